The van der Waals surface area contributed by atoms with E-state index in [2.05, 4.69) is 4.98 Å². The van der Waals surface area contributed by atoms with Crippen LogP contribution in [-0.4, -0.2) is 17.0 Å². The molecule has 0 atom stereocenters. The van der Waals surface area contributed by atoms with Crippen molar-refractivity contribution in [2.24, 2.45) is 0 Å². The van der Waals surface area contributed by atoms with E-state index in [0.717, 1.165) is 17.1 Å². The second-order valence-corrected chi connectivity index (χ2v) is 5.68. The summed E-state index contributed by atoms with van der Waals surface area (Å²) in [5.41, 5.74) is 3.02. The highest BCUT2D eigenvalue weighted by Crippen LogP contribution is 2.26. The molecule has 0 N–H and O–H groups in total. The summed E-state index contributed by atoms with van der Waals surface area (Å²) in [5.74, 6) is 0. The van der Waals surface area contributed by atoms with Gasteiger partial charge in [-0.1, -0.05) is 6.07 Å². The van der Waals surface area contributed by atoms with Crippen molar-refractivity contribution < 1.29 is 4.92 Å². The summed E-state index contributed by atoms with van der Waals surface area (Å²) in [6.07, 6.45) is 0. The number of aromatic nitrogens is 1. The predicted octanol–water partition coefficient (Wildman–Crippen LogP) is 3.54. The lowest BCUT2D eigenvalue weighted by atomic mass is 10.2. The van der Waals surface area contributed by atoms with E-state index in [1.807, 2.05) is 65.7 Å². The van der Waals surface area contributed by atoms with Crippen LogP contribution >= 0.6 is 22.6 Å². The Labute approximate surface area is 130 Å². The zero-order valence-corrected chi connectivity index (χ0v) is 13.4. The van der Waals surface area contributed by atoms with Gasteiger partial charge >= 0.3 is 0 Å². The highest BCUT2D eigenvalue weighted by Gasteiger charge is 2.13. The lowest BCUT2D eigenvalue weighted by Crippen LogP contribution is -2.17. The van der Waals surface area contributed by atoms with E-state index in [4.69, 9.17) is 0 Å². The molecule has 0 aliphatic carbocycles. The molecule has 0 aliphatic rings. The zero-order chi connectivity index (χ0) is 14.7. The molecule has 1 aromatic heterocycles. The van der Waals surface area contributed by atoms with Crippen molar-refractivity contribution in [3.63, 3.8) is 0 Å². The molecule has 104 valence electrons. The SMILES string of the molecule is Cc1cccc(CN(C)c2ccc([N+](=O)[O-])c(I)c2)n1. The summed E-state index contributed by atoms with van der Waals surface area (Å²) in [4.78, 5) is 16.9. The molecule has 1 heterocycles. The van der Waals surface area contributed by atoms with Crippen molar-refractivity contribution in [1.82, 2.24) is 4.98 Å². The van der Waals surface area contributed by atoms with Crippen LogP contribution in [0.1, 0.15) is 11.4 Å². The maximum absolute atomic E-state index is 10.8. The molecule has 0 amide bonds. The van der Waals surface area contributed by atoms with Gasteiger partial charge in [-0.15, -0.1) is 0 Å². The summed E-state index contributed by atoms with van der Waals surface area (Å²) >= 11 is 1.99. The molecule has 2 rings (SSSR count). The quantitative estimate of drug-likeness (QED) is 0.461. The van der Waals surface area contributed by atoms with Crippen molar-refractivity contribution in [2.75, 3.05) is 11.9 Å². The van der Waals surface area contributed by atoms with Crippen LogP contribution in [-0.2, 0) is 6.54 Å². The number of anilines is 1. The molecule has 20 heavy (non-hydrogen) atoms. The average Bonchev–Trinajstić information content (AvgIpc) is 2.38. The fourth-order valence-electron chi connectivity index (χ4n) is 1.90. The van der Waals surface area contributed by atoms with Crippen molar-refractivity contribution in [3.05, 3.63) is 61.5 Å². The number of aryl methyl sites for hydroxylation is 1. The Morgan fingerprint density at radius 3 is 2.70 bits per heavy atom. The van der Waals surface area contributed by atoms with Gasteiger partial charge in [0.1, 0.15) is 0 Å². The Bertz CT molecular complexity index is 646. The van der Waals surface area contributed by atoms with Gasteiger partial charge in [-0.3, -0.25) is 15.1 Å². The fourth-order valence-corrected chi connectivity index (χ4v) is 2.60. The van der Waals surface area contributed by atoms with E-state index >= 15 is 0 Å². The van der Waals surface area contributed by atoms with Crippen molar-refractivity contribution in [1.29, 1.82) is 0 Å². The molecular weight excluding hydrogens is 369 g/mol. The van der Waals surface area contributed by atoms with Gasteiger partial charge in [0.2, 0.25) is 0 Å². The summed E-state index contributed by atoms with van der Waals surface area (Å²) in [5, 5.41) is 10.8. The molecule has 0 spiro atoms. The summed E-state index contributed by atoms with van der Waals surface area (Å²) < 4.78 is 0.633. The second kappa shape index (κ2) is 6.17. The minimum absolute atomic E-state index is 0.136. The lowest BCUT2D eigenvalue weighted by molar-refractivity contribution is -0.385. The molecule has 2 aromatic rings. The number of benzene rings is 1. The van der Waals surface area contributed by atoms with E-state index in [9.17, 15) is 10.1 Å². The Morgan fingerprint density at radius 2 is 2.10 bits per heavy atom. The Kier molecular flexibility index (Phi) is 4.53. The third kappa shape index (κ3) is 3.44. The first-order chi connectivity index (χ1) is 9.47. The van der Waals surface area contributed by atoms with Crippen LogP contribution in [0.2, 0.25) is 0 Å². The summed E-state index contributed by atoms with van der Waals surface area (Å²) in [6.45, 7) is 2.62. The van der Waals surface area contributed by atoms with Crippen LogP contribution in [0.4, 0.5) is 11.4 Å². The number of halogens is 1. The number of nitro groups is 1. The average molecular weight is 383 g/mol. The number of nitro benzene ring substituents is 1. The standard InChI is InChI=1S/C14H14IN3O2/c1-10-4-3-5-11(16-10)9-17(2)12-6-7-14(18(19)20)13(15)8-12/h3-8H,9H2,1-2H3. The van der Waals surface area contributed by atoms with Gasteiger partial charge in [0.25, 0.3) is 5.69 Å². The molecule has 0 unspecified atom stereocenters. The highest BCUT2D eigenvalue weighted by molar-refractivity contribution is 14.1. The van der Waals surface area contributed by atoms with E-state index in [0.29, 0.717) is 10.1 Å². The van der Waals surface area contributed by atoms with E-state index in [-0.39, 0.29) is 10.6 Å². The molecule has 0 aliphatic heterocycles. The summed E-state index contributed by atoms with van der Waals surface area (Å²) in [7, 11) is 1.95. The van der Waals surface area contributed by atoms with Crippen LogP contribution in [0.25, 0.3) is 0 Å². The second-order valence-electron chi connectivity index (χ2n) is 4.52. The first kappa shape index (κ1) is 14.7. The van der Waals surface area contributed by atoms with Crippen molar-refractivity contribution in [3.8, 4) is 0 Å². The first-order valence-electron chi connectivity index (χ1n) is 6.05. The Morgan fingerprint density at radius 1 is 1.35 bits per heavy atom. The van der Waals surface area contributed by atoms with Crippen LogP contribution in [0.5, 0.6) is 0 Å². The molecule has 0 saturated carbocycles. The maximum Gasteiger partial charge on any atom is 0.282 e. The van der Waals surface area contributed by atoms with Gasteiger partial charge in [0.15, 0.2) is 0 Å². The minimum atomic E-state index is -0.367. The van der Waals surface area contributed by atoms with Gasteiger partial charge in [-0.2, -0.15) is 0 Å². The molecular formula is C14H14IN3O2. The highest BCUT2D eigenvalue weighted by atomic mass is 127. The van der Waals surface area contributed by atoms with Crippen molar-refractivity contribution in [2.45, 2.75) is 13.5 Å². The summed E-state index contributed by atoms with van der Waals surface area (Å²) in [6, 6.07) is 11.0. The van der Waals surface area contributed by atoms with Gasteiger partial charge in [-0.05, 0) is 53.8 Å². The van der Waals surface area contributed by atoms with Crippen molar-refractivity contribution >= 4 is 34.0 Å². The van der Waals surface area contributed by atoms with Crippen LogP contribution in [0.3, 0.4) is 0 Å². The Hall–Kier alpha value is -1.70. The number of rotatable bonds is 4. The van der Waals surface area contributed by atoms with Crippen LogP contribution < -0.4 is 4.90 Å². The Balaban J connectivity index is 2.19. The van der Waals surface area contributed by atoms with Gasteiger partial charge in [0, 0.05) is 24.5 Å². The molecule has 1 aromatic carbocycles. The van der Waals surface area contributed by atoms with E-state index in [1.54, 1.807) is 6.07 Å². The minimum Gasteiger partial charge on any atom is -0.369 e. The van der Waals surface area contributed by atoms with Gasteiger partial charge in [-0.25, -0.2) is 0 Å². The maximum atomic E-state index is 10.8. The smallest absolute Gasteiger partial charge is 0.282 e. The van der Waals surface area contributed by atoms with Crippen LogP contribution in [0, 0.1) is 20.6 Å². The molecule has 0 saturated heterocycles. The van der Waals surface area contributed by atoms with Gasteiger partial charge in [0.05, 0.1) is 20.7 Å². The monoisotopic (exact) mass is 383 g/mol. The molecule has 0 radical (unpaired) electrons. The number of pyridine rings is 1. The normalized spacial score (nSPS) is 10.3. The third-order valence-corrected chi connectivity index (χ3v) is 3.78. The van der Waals surface area contributed by atoms with E-state index < -0.39 is 0 Å². The number of hydrogen-bond acceptors (Lipinski definition) is 4. The predicted molar refractivity (Wildman–Crippen MR) is 86.9 cm³/mol. The third-order valence-electron chi connectivity index (χ3n) is 2.91. The zero-order valence-electron chi connectivity index (χ0n) is 11.2. The molecule has 0 fully saturated rings. The molecule has 0 bridgehead atoms. The van der Waals surface area contributed by atoms with Gasteiger partial charge < -0.3 is 4.90 Å². The van der Waals surface area contributed by atoms with E-state index in [1.165, 1.54) is 6.07 Å². The first-order valence-corrected chi connectivity index (χ1v) is 7.13. The molecule has 6 heteroatoms. The number of hydrogen-bond donors (Lipinski definition) is 0. The lowest BCUT2D eigenvalue weighted by Gasteiger charge is -2.19. The topological polar surface area (TPSA) is 59.3 Å². The fraction of sp³-hybridized carbons (Fsp3) is 0.214. The molecule has 5 nitrogen and oxygen atoms in total. The number of nitrogens with zero attached hydrogens (tertiary/aromatic N) is 3. The largest absolute Gasteiger partial charge is 0.369 e. The van der Waals surface area contributed by atoms with Crippen LogP contribution in [0.15, 0.2) is 36.4 Å².